The van der Waals surface area contributed by atoms with E-state index in [1.165, 1.54) is 196 Å². The molecular formula is C108H176O12. The number of carbonyl (C=O) groups is 4. The van der Waals surface area contributed by atoms with Gasteiger partial charge in [-0.2, -0.15) is 0 Å². The number of carboxylic acids is 4. The van der Waals surface area contributed by atoms with Crippen molar-refractivity contribution < 1.29 is 60.0 Å². The highest BCUT2D eigenvalue weighted by atomic mass is 16.4. The van der Waals surface area contributed by atoms with Gasteiger partial charge in [0.25, 0.3) is 0 Å². The maximum absolute atomic E-state index is 11.3. The van der Waals surface area contributed by atoms with Gasteiger partial charge in [0, 0.05) is 5.56 Å². The van der Waals surface area contributed by atoms with E-state index < -0.39 is 34.7 Å². The number of aliphatic carboxylic acids is 4. The van der Waals surface area contributed by atoms with E-state index in [1.54, 1.807) is 40.5 Å². The molecule has 8 N–H and O–H groups in total. The van der Waals surface area contributed by atoms with Crippen LogP contribution in [0.5, 0.6) is 23.0 Å². The molecule has 0 amide bonds. The fourth-order valence-electron chi connectivity index (χ4n) is 17.9. The van der Waals surface area contributed by atoms with Gasteiger partial charge in [-0.05, 0) is 334 Å². The van der Waals surface area contributed by atoms with Gasteiger partial charge < -0.3 is 40.9 Å². The minimum atomic E-state index is -0.620. The zero-order chi connectivity index (χ0) is 88.8. The maximum Gasteiger partial charge on any atom is 0.309 e. The summed E-state index contributed by atoms with van der Waals surface area (Å²) >= 11 is 0. The Morgan fingerprint density at radius 2 is 0.483 bits per heavy atom. The number of aryl methyl sites for hydroxylation is 9. The van der Waals surface area contributed by atoms with E-state index in [2.05, 4.69) is 135 Å². The van der Waals surface area contributed by atoms with Crippen LogP contribution in [0.2, 0.25) is 0 Å². The maximum atomic E-state index is 11.3. The van der Waals surface area contributed by atoms with Gasteiger partial charge in [-0.15, -0.1) is 0 Å². The second-order valence-electron chi connectivity index (χ2n) is 43.4. The molecule has 0 aromatic heterocycles. The summed E-state index contributed by atoms with van der Waals surface area (Å²) in [6, 6.07) is 16.6. The first-order chi connectivity index (χ1) is 56.5. The molecule has 12 heteroatoms. The van der Waals surface area contributed by atoms with Crippen LogP contribution < -0.4 is 0 Å². The molecule has 680 valence electrons. The minimum absolute atomic E-state index is 0.0233. The van der Waals surface area contributed by atoms with E-state index >= 15 is 0 Å². The van der Waals surface area contributed by atoms with E-state index in [4.69, 9.17) is 0 Å². The molecule has 0 atom stereocenters. The Kier molecular flexibility index (Phi) is 44.8. The van der Waals surface area contributed by atoms with Crippen molar-refractivity contribution in [2.24, 2.45) is 43.3 Å². The lowest BCUT2D eigenvalue weighted by molar-refractivity contribution is -0.144. The van der Waals surface area contributed by atoms with Crippen molar-refractivity contribution in [2.75, 3.05) is 0 Å². The first kappa shape index (κ1) is 105. The molecule has 0 radical (unpaired) electrons. The van der Waals surface area contributed by atoms with Crippen LogP contribution in [-0.4, -0.2) is 64.7 Å². The quantitative estimate of drug-likeness (QED) is 0.0152. The minimum Gasteiger partial charge on any atom is -0.504 e. The van der Waals surface area contributed by atoms with E-state index in [-0.39, 0.29) is 33.8 Å². The van der Waals surface area contributed by atoms with Crippen molar-refractivity contribution in [1.82, 2.24) is 0 Å². The molecule has 0 heterocycles. The van der Waals surface area contributed by atoms with E-state index in [0.717, 1.165) is 208 Å². The predicted molar refractivity (Wildman–Crippen MR) is 501 cm³/mol. The second kappa shape index (κ2) is 51.4. The van der Waals surface area contributed by atoms with E-state index in [1.807, 2.05) is 6.07 Å². The molecule has 4 aromatic carbocycles. The Morgan fingerprint density at radius 1 is 0.258 bits per heavy atom. The van der Waals surface area contributed by atoms with Crippen molar-refractivity contribution in [3.8, 4) is 23.0 Å². The molecular weight excluding hydrogens is 1490 g/mol. The number of carboxylic acid groups (broad SMARTS) is 4. The average molecular weight is 1670 g/mol. The number of phenolic OH excluding ortho intramolecular Hbond substituents is 4. The summed E-state index contributed by atoms with van der Waals surface area (Å²) in [7, 11) is 0. The van der Waals surface area contributed by atoms with Crippen LogP contribution in [-0.2, 0) is 70.5 Å². The average Bonchev–Trinajstić information content (AvgIpc) is 1.64. The number of rotatable bonds is 56. The van der Waals surface area contributed by atoms with Crippen LogP contribution in [0.25, 0.3) is 0 Å². The summed E-state index contributed by atoms with van der Waals surface area (Å²) in [5.74, 6) is -2.40. The highest BCUT2D eigenvalue weighted by Gasteiger charge is 2.51. The lowest BCUT2D eigenvalue weighted by Crippen LogP contribution is -2.14. The lowest BCUT2D eigenvalue weighted by Gasteiger charge is -2.18. The van der Waals surface area contributed by atoms with E-state index in [0.29, 0.717) is 21.7 Å². The van der Waals surface area contributed by atoms with Crippen LogP contribution in [0.15, 0.2) is 48.5 Å². The molecule has 120 heavy (non-hydrogen) atoms. The smallest absolute Gasteiger partial charge is 0.309 e. The summed E-state index contributed by atoms with van der Waals surface area (Å²) in [5, 5.41) is 77.2. The SMILES string of the molecule is CC(C)(C)CCCCCCc1c(CCCCCCC2(C(=O)O)CC2)ccc(O)c1O.CC(C)(C)CCCCCCc1cc(O)c(O)cc1CCCCCCC1(C(=O)O)CC1.Cc1cc(CCCCCCC(C)(C)C)c(CCCCCCC2(C(=O)O)CC2)cc1C.Cc1ccc(CCCCCCC(C)(C)C)c(CCCCCCC2(C(=O)O)CC2)c1C. The molecule has 4 fully saturated rings. The standard InChI is InChI=1S/2C28H46O2.2C26H42O4/c1-22-16-17-24(14-10-6-8-12-18-27(3,4)5)25(23(22)2)15-11-7-9-13-19-28(20-21-28)26(29)30;1-22-20-24(14-10-6-8-12-16-27(3,4)5)25(21-23(22)2)15-11-7-9-13-17-28(18-19-28)26(29)30;1-25(2,3)16-10-6-5-9-13-21-20(14-15-22(27)23(21)28)12-8-4-7-11-17-26(18-19-26)24(29)30;1-25(2,3)14-10-6-4-8-12-20-18-22(27)23(28)19-21(20)13-9-5-7-11-15-26(16-17-26)24(29)30/h16-17H,6-15,18-21H2,1-5H3,(H,29,30);20-21H,6-19H2,1-5H3,(H,29,30);14-15,27-28H,4-13,16-19H2,1-3H3,(H,29,30);18-19,27-28H,4-17H2,1-3H3,(H,29,30). The van der Waals surface area contributed by atoms with Crippen molar-refractivity contribution in [3.63, 3.8) is 0 Å². The zero-order valence-electron chi connectivity index (χ0n) is 79.4. The lowest BCUT2D eigenvalue weighted by atomic mass is 9.88. The Bertz CT molecular complexity index is 3470. The number of benzene rings is 4. The molecule has 0 unspecified atom stereocenters. The Hall–Kier alpha value is -6.04. The third-order valence-corrected chi connectivity index (χ3v) is 27.5. The molecule has 12 nitrogen and oxygen atoms in total. The first-order valence-corrected chi connectivity index (χ1v) is 48.7. The van der Waals surface area contributed by atoms with Crippen LogP contribution in [0, 0.1) is 71.0 Å². The summed E-state index contributed by atoms with van der Waals surface area (Å²) in [5.41, 5.74) is 16.6. The van der Waals surface area contributed by atoms with Gasteiger partial charge in [0.15, 0.2) is 23.0 Å². The molecule has 4 saturated carbocycles. The van der Waals surface area contributed by atoms with Crippen molar-refractivity contribution in [1.29, 1.82) is 0 Å². The normalized spacial score (nSPS) is 15.3. The summed E-state index contributed by atoms with van der Waals surface area (Å²) in [6.45, 7) is 36.7. The van der Waals surface area contributed by atoms with Crippen molar-refractivity contribution in [3.05, 3.63) is 115 Å². The molecule has 0 bridgehead atoms. The largest absolute Gasteiger partial charge is 0.504 e. The Balaban J connectivity index is 0.000000285. The third kappa shape index (κ3) is 40.7. The molecule has 4 aliphatic carbocycles. The molecule has 0 saturated heterocycles. The molecule has 8 rings (SSSR count). The second-order valence-corrected chi connectivity index (χ2v) is 43.4. The van der Waals surface area contributed by atoms with Crippen molar-refractivity contribution in [2.45, 2.75) is 470 Å². The van der Waals surface area contributed by atoms with Crippen LogP contribution in [0.1, 0.15) is 458 Å². The number of unbranched alkanes of at least 4 members (excludes halogenated alkanes) is 24. The number of hydrogen-bond acceptors (Lipinski definition) is 8. The Labute approximate surface area is 731 Å². The molecule has 4 aliphatic rings. The van der Waals surface area contributed by atoms with Gasteiger partial charge >= 0.3 is 23.9 Å². The van der Waals surface area contributed by atoms with Gasteiger partial charge in [0.05, 0.1) is 21.7 Å². The molecule has 0 aliphatic heterocycles. The first-order valence-electron chi connectivity index (χ1n) is 48.7. The van der Waals surface area contributed by atoms with Crippen LogP contribution in [0.3, 0.4) is 0 Å². The summed E-state index contributed by atoms with van der Waals surface area (Å²) < 4.78 is 0. The van der Waals surface area contributed by atoms with Gasteiger partial charge in [-0.3, -0.25) is 19.2 Å². The molecule has 0 spiro atoms. The van der Waals surface area contributed by atoms with Gasteiger partial charge in [0.2, 0.25) is 0 Å². The topological polar surface area (TPSA) is 230 Å². The highest BCUT2D eigenvalue weighted by molar-refractivity contribution is 5.79. The van der Waals surface area contributed by atoms with Gasteiger partial charge in [0.1, 0.15) is 0 Å². The number of phenols is 4. The Morgan fingerprint density at radius 3 is 0.750 bits per heavy atom. The third-order valence-electron chi connectivity index (χ3n) is 27.5. The summed E-state index contributed by atoms with van der Waals surface area (Å²) in [4.78, 5) is 45.0. The van der Waals surface area contributed by atoms with Crippen molar-refractivity contribution >= 4 is 23.9 Å². The van der Waals surface area contributed by atoms with E-state index in [9.17, 15) is 60.0 Å². The molecule has 4 aromatic rings. The highest BCUT2D eigenvalue weighted by Crippen LogP contribution is 2.53. The van der Waals surface area contributed by atoms with Crippen LogP contribution in [0.4, 0.5) is 0 Å². The monoisotopic (exact) mass is 1670 g/mol. The van der Waals surface area contributed by atoms with Gasteiger partial charge in [-0.25, -0.2) is 0 Å². The van der Waals surface area contributed by atoms with Gasteiger partial charge in [-0.1, -0.05) is 268 Å². The van der Waals surface area contributed by atoms with Crippen LogP contribution >= 0.6 is 0 Å². The fourth-order valence-corrected chi connectivity index (χ4v) is 17.9. The fraction of sp³-hybridized carbons (Fsp3) is 0.741. The number of aromatic hydroxyl groups is 4. The predicted octanol–water partition coefficient (Wildman–Crippen LogP) is 30.4. The summed E-state index contributed by atoms with van der Waals surface area (Å²) in [6.07, 6.45) is 61.6. The zero-order valence-corrected chi connectivity index (χ0v) is 79.4. The number of hydrogen-bond donors (Lipinski definition) is 8.